The molecular weight excluding hydrogens is 352 g/mol. The number of fused-ring (bicyclic) bond motifs is 1. The zero-order chi connectivity index (χ0) is 19.6. The second kappa shape index (κ2) is 7.32. The maximum absolute atomic E-state index is 12.3. The van der Waals surface area contributed by atoms with Crippen molar-refractivity contribution in [3.63, 3.8) is 0 Å². The highest BCUT2D eigenvalue weighted by atomic mass is 16.2. The average Bonchev–Trinajstić information content (AvgIpc) is 2.97. The summed E-state index contributed by atoms with van der Waals surface area (Å²) in [5.41, 5.74) is 8.28. The van der Waals surface area contributed by atoms with Gasteiger partial charge < -0.3 is 16.4 Å². The Morgan fingerprint density at radius 1 is 0.964 bits per heavy atom. The lowest BCUT2D eigenvalue weighted by atomic mass is 9.79. The molecule has 1 fully saturated rings. The Balaban J connectivity index is 1.80. The third kappa shape index (κ3) is 3.30. The molecule has 0 aromatic heterocycles. The lowest BCUT2D eigenvalue weighted by molar-refractivity contribution is -0.125. The summed E-state index contributed by atoms with van der Waals surface area (Å²) in [4.78, 5) is 24.6. The summed E-state index contributed by atoms with van der Waals surface area (Å²) >= 11 is 0. The molecule has 142 valence electrons. The van der Waals surface area contributed by atoms with Gasteiger partial charge in [0.1, 0.15) is 0 Å². The monoisotopic (exact) mass is 374 g/mol. The first kappa shape index (κ1) is 18.0. The summed E-state index contributed by atoms with van der Waals surface area (Å²) < 4.78 is 0. The lowest BCUT2D eigenvalue weighted by Crippen LogP contribution is -2.45. The molecule has 2 atom stereocenters. The second-order valence-corrected chi connectivity index (χ2v) is 6.97. The van der Waals surface area contributed by atoms with Gasteiger partial charge in [-0.2, -0.15) is 0 Å². The molecule has 1 heterocycles. The van der Waals surface area contributed by atoms with Gasteiger partial charge in [0.05, 0.1) is 11.5 Å². The summed E-state index contributed by atoms with van der Waals surface area (Å²) in [6.45, 7) is 0.400. The Kier molecular flexibility index (Phi) is 4.71. The van der Waals surface area contributed by atoms with Crippen LogP contribution >= 0.6 is 0 Å². The fourth-order valence-corrected chi connectivity index (χ4v) is 3.73. The van der Waals surface area contributed by atoms with E-state index in [4.69, 9.17) is 5.73 Å². The first-order chi connectivity index (χ1) is 13.6. The van der Waals surface area contributed by atoms with Gasteiger partial charge in [0.15, 0.2) is 0 Å². The van der Waals surface area contributed by atoms with Crippen molar-refractivity contribution in [2.75, 3.05) is 17.2 Å². The van der Waals surface area contributed by atoms with E-state index in [0.29, 0.717) is 18.5 Å². The van der Waals surface area contributed by atoms with Gasteiger partial charge in [-0.05, 0) is 49.4 Å². The van der Waals surface area contributed by atoms with Crippen LogP contribution in [0.3, 0.4) is 0 Å². The molecule has 2 unspecified atom stereocenters. The minimum absolute atomic E-state index is 0.301. The number of nitrogens with two attached hydrogens (primary N) is 1. The fraction of sp³-hybridized carbons (Fsp3) is 0.182. The standard InChI is InChI=1S/C22H22N4O2/c23-12-11-22(26-16-9-5-2-6-10-16)14-18-17(20(27)25-21(18)28)13-19(22)24-15-7-3-1-4-8-15/h1-10,13-14,17,24,26H,11-12,23H2,(H,25,27,28). The highest BCUT2D eigenvalue weighted by Gasteiger charge is 2.44. The van der Waals surface area contributed by atoms with Gasteiger partial charge in [-0.15, -0.1) is 0 Å². The van der Waals surface area contributed by atoms with Crippen molar-refractivity contribution >= 4 is 23.2 Å². The van der Waals surface area contributed by atoms with Crippen molar-refractivity contribution < 1.29 is 9.59 Å². The van der Waals surface area contributed by atoms with Crippen molar-refractivity contribution in [3.05, 3.63) is 84.1 Å². The van der Waals surface area contributed by atoms with Crippen LogP contribution in [0.2, 0.25) is 0 Å². The average molecular weight is 374 g/mol. The summed E-state index contributed by atoms with van der Waals surface area (Å²) in [7, 11) is 0. The predicted molar refractivity (Wildman–Crippen MR) is 109 cm³/mol. The smallest absolute Gasteiger partial charge is 0.254 e. The minimum Gasteiger partial charge on any atom is -0.371 e. The SMILES string of the molecule is NCCC1(Nc2ccccc2)C=C2C(=O)NC(=O)C2C=C1Nc1ccccc1. The molecule has 2 aliphatic rings. The van der Waals surface area contributed by atoms with Gasteiger partial charge in [-0.3, -0.25) is 14.9 Å². The van der Waals surface area contributed by atoms with Crippen LogP contribution in [0.1, 0.15) is 6.42 Å². The van der Waals surface area contributed by atoms with E-state index in [0.717, 1.165) is 17.1 Å². The number of nitrogens with one attached hydrogen (secondary N) is 3. The Labute approximate surface area is 163 Å². The van der Waals surface area contributed by atoms with E-state index in [1.165, 1.54) is 0 Å². The molecule has 2 amide bonds. The normalized spacial score (nSPS) is 23.4. The second-order valence-electron chi connectivity index (χ2n) is 6.97. The molecule has 5 N–H and O–H groups in total. The van der Waals surface area contributed by atoms with Crippen molar-refractivity contribution in [1.82, 2.24) is 5.32 Å². The lowest BCUT2D eigenvalue weighted by Gasteiger charge is -2.39. The predicted octanol–water partition coefficient (Wildman–Crippen LogP) is 2.39. The Morgan fingerprint density at radius 3 is 2.25 bits per heavy atom. The van der Waals surface area contributed by atoms with Crippen molar-refractivity contribution in [2.45, 2.75) is 12.0 Å². The number of imide groups is 1. The highest BCUT2D eigenvalue weighted by molar-refractivity contribution is 6.16. The van der Waals surface area contributed by atoms with Crippen LogP contribution in [0, 0.1) is 5.92 Å². The molecule has 0 bridgehead atoms. The van der Waals surface area contributed by atoms with E-state index < -0.39 is 11.5 Å². The maximum atomic E-state index is 12.3. The van der Waals surface area contributed by atoms with Gasteiger partial charge in [-0.25, -0.2) is 0 Å². The van der Waals surface area contributed by atoms with Crippen molar-refractivity contribution in [1.29, 1.82) is 0 Å². The number of hydrogen-bond acceptors (Lipinski definition) is 5. The van der Waals surface area contributed by atoms with E-state index >= 15 is 0 Å². The van der Waals surface area contributed by atoms with E-state index in [1.54, 1.807) is 0 Å². The molecule has 4 rings (SSSR count). The highest BCUT2D eigenvalue weighted by Crippen LogP contribution is 2.38. The van der Waals surface area contributed by atoms with E-state index in [2.05, 4.69) is 16.0 Å². The summed E-state index contributed by atoms with van der Waals surface area (Å²) in [6.07, 6.45) is 4.22. The summed E-state index contributed by atoms with van der Waals surface area (Å²) in [5, 5.41) is 9.38. The van der Waals surface area contributed by atoms with Gasteiger partial charge in [0.25, 0.3) is 5.91 Å². The maximum Gasteiger partial charge on any atom is 0.254 e. The van der Waals surface area contributed by atoms with Gasteiger partial charge >= 0.3 is 0 Å². The third-order valence-corrected chi connectivity index (χ3v) is 5.06. The number of carbonyl (C=O) groups excluding carboxylic acids is 2. The molecule has 1 saturated heterocycles. The van der Waals surface area contributed by atoms with Crippen LogP contribution < -0.4 is 21.7 Å². The molecule has 2 aromatic rings. The molecule has 28 heavy (non-hydrogen) atoms. The molecule has 0 saturated carbocycles. The number of hydrogen-bond donors (Lipinski definition) is 4. The van der Waals surface area contributed by atoms with Gasteiger partial charge in [-0.1, -0.05) is 36.4 Å². The van der Waals surface area contributed by atoms with Crippen LogP contribution in [0.15, 0.2) is 84.1 Å². The van der Waals surface area contributed by atoms with Crippen LogP contribution in [0.4, 0.5) is 11.4 Å². The topological polar surface area (TPSA) is 96.2 Å². The molecule has 0 spiro atoms. The van der Waals surface area contributed by atoms with E-state index in [-0.39, 0.29) is 11.8 Å². The van der Waals surface area contributed by atoms with Crippen LogP contribution in [0.25, 0.3) is 0 Å². The van der Waals surface area contributed by atoms with Crippen LogP contribution in [-0.4, -0.2) is 23.9 Å². The molecule has 2 aromatic carbocycles. The van der Waals surface area contributed by atoms with Crippen LogP contribution in [0.5, 0.6) is 0 Å². The van der Waals surface area contributed by atoms with Gasteiger partial charge in [0.2, 0.25) is 5.91 Å². The minimum atomic E-state index is -0.736. The number of benzene rings is 2. The third-order valence-electron chi connectivity index (χ3n) is 5.06. The number of para-hydroxylation sites is 2. The number of carbonyl (C=O) groups is 2. The first-order valence-corrected chi connectivity index (χ1v) is 9.27. The van der Waals surface area contributed by atoms with E-state index in [9.17, 15) is 9.59 Å². The Hall–Kier alpha value is -3.38. The quantitative estimate of drug-likeness (QED) is 0.582. The van der Waals surface area contributed by atoms with Crippen LogP contribution in [-0.2, 0) is 9.59 Å². The molecular formula is C22H22N4O2. The zero-order valence-corrected chi connectivity index (χ0v) is 15.3. The Morgan fingerprint density at radius 2 is 1.61 bits per heavy atom. The summed E-state index contributed by atoms with van der Waals surface area (Å²) in [5.74, 6) is -1.24. The number of amides is 2. The fourth-order valence-electron chi connectivity index (χ4n) is 3.73. The first-order valence-electron chi connectivity index (χ1n) is 9.27. The summed E-state index contributed by atoms with van der Waals surface area (Å²) in [6, 6.07) is 19.5. The number of anilines is 2. The largest absolute Gasteiger partial charge is 0.371 e. The van der Waals surface area contributed by atoms with E-state index in [1.807, 2.05) is 72.8 Å². The van der Waals surface area contributed by atoms with Crippen molar-refractivity contribution in [3.8, 4) is 0 Å². The zero-order valence-electron chi connectivity index (χ0n) is 15.3. The Bertz CT molecular complexity index is 953. The molecule has 1 aliphatic carbocycles. The molecule has 1 aliphatic heterocycles. The molecule has 6 nitrogen and oxygen atoms in total. The molecule has 0 radical (unpaired) electrons. The number of rotatable bonds is 6. The van der Waals surface area contributed by atoms with Gasteiger partial charge in [0, 0.05) is 22.6 Å². The molecule has 6 heteroatoms. The van der Waals surface area contributed by atoms with Crippen molar-refractivity contribution in [2.24, 2.45) is 11.7 Å².